The van der Waals surface area contributed by atoms with Crippen LogP contribution in [-0.2, 0) is 13.0 Å². The number of fused-ring (bicyclic) bond motifs is 2. The van der Waals surface area contributed by atoms with Gasteiger partial charge in [0, 0.05) is 55.5 Å². The molecule has 0 saturated carbocycles. The van der Waals surface area contributed by atoms with E-state index in [1.165, 1.54) is 37.1 Å². The van der Waals surface area contributed by atoms with Gasteiger partial charge in [0.1, 0.15) is 11.6 Å². The second-order valence-electron chi connectivity index (χ2n) is 8.35. The first-order chi connectivity index (χ1) is 13.2. The summed E-state index contributed by atoms with van der Waals surface area (Å²) in [6, 6.07) is 9.08. The number of hydrogen-bond donors (Lipinski definition) is 1. The van der Waals surface area contributed by atoms with Gasteiger partial charge in [0.15, 0.2) is 0 Å². The molecule has 5 nitrogen and oxygen atoms in total. The molecular weight excluding hydrogens is 336 g/mol. The number of aryl methyl sites for hydroxylation is 1. The predicted octanol–water partition coefficient (Wildman–Crippen LogP) is 2.81. The number of benzene rings is 1. The summed E-state index contributed by atoms with van der Waals surface area (Å²) in [4.78, 5) is 14.4. The number of piperidine rings is 3. The maximum atomic E-state index is 10.0. The smallest absolute Gasteiger partial charge is 0.127 e. The molecule has 0 radical (unpaired) electrons. The molecule has 142 valence electrons. The van der Waals surface area contributed by atoms with Crippen molar-refractivity contribution in [3.05, 3.63) is 53.6 Å². The first-order valence-electron chi connectivity index (χ1n) is 10.3. The summed E-state index contributed by atoms with van der Waals surface area (Å²) in [5.41, 5.74) is 2.48. The van der Waals surface area contributed by atoms with Crippen LogP contribution < -0.4 is 0 Å². The predicted molar refractivity (Wildman–Crippen MR) is 105 cm³/mol. The van der Waals surface area contributed by atoms with Crippen LogP contribution in [0.2, 0.25) is 0 Å². The Balaban J connectivity index is 1.45. The fourth-order valence-electron chi connectivity index (χ4n) is 5.65. The molecule has 0 aliphatic carbocycles. The topological polar surface area (TPSA) is 52.5 Å². The van der Waals surface area contributed by atoms with Crippen LogP contribution in [0.4, 0.5) is 0 Å². The van der Waals surface area contributed by atoms with Gasteiger partial charge in [-0.1, -0.05) is 19.1 Å². The molecule has 0 spiro atoms. The van der Waals surface area contributed by atoms with Crippen LogP contribution in [0.25, 0.3) is 0 Å². The summed E-state index contributed by atoms with van der Waals surface area (Å²) in [7, 11) is 0. The van der Waals surface area contributed by atoms with Gasteiger partial charge in [-0.05, 0) is 49.5 Å². The van der Waals surface area contributed by atoms with Crippen molar-refractivity contribution in [2.24, 2.45) is 5.92 Å². The molecule has 0 unspecified atom stereocenters. The van der Waals surface area contributed by atoms with Crippen molar-refractivity contribution in [3.63, 3.8) is 0 Å². The highest BCUT2D eigenvalue weighted by atomic mass is 16.3. The molecule has 0 amide bonds. The average Bonchev–Trinajstić information content (AvgIpc) is 3.11. The zero-order chi connectivity index (χ0) is 18.4. The minimum absolute atomic E-state index is 0.377. The van der Waals surface area contributed by atoms with Crippen molar-refractivity contribution < 1.29 is 5.11 Å². The Bertz CT molecular complexity index is 800. The zero-order valence-corrected chi connectivity index (χ0v) is 16.0. The molecule has 4 aliphatic heterocycles. The van der Waals surface area contributed by atoms with Gasteiger partial charge in [-0.3, -0.25) is 9.80 Å². The van der Waals surface area contributed by atoms with Crippen molar-refractivity contribution in [2.45, 2.75) is 50.7 Å². The Kier molecular flexibility index (Phi) is 4.37. The van der Waals surface area contributed by atoms with Crippen LogP contribution in [-0.4, -0.2) is 56.6 Å². The molecule has 1 aromatic carbocycles. The summed E-state index contributed by atoms with van der Waals surface area (Å²) in [6.07, 6.45) is 7.52. The largest absolute Gasteiger partial charge is 0.508 e. The lowest BCUT2D eigenvalue weighted by molar-refractivity contribution is -0.00874. The Morgan fingerprint density at radius 1 is 1.11 bits per heavy atom. The van der Waals surface area contributed by atoms with Gasteiger partial charge in [-0.15, -0.1) is 0 Å². The molecule has 5 heteroatoms. The average molecular weight is 364 g/mol. The lowest BCUT2D eigenvalue weighted by Crippen LogP contribution is -2.59. The normalized spacial score (nSPS) is 32.6. The summed E-state index contributed by atoms with van der Waals surface area (Å²) < 4.78 is 0. The highest BCUT2D eigenvalue weighted by Crippen LogP contribution is 2.47. The number of hydrogen-bond acceptors (Lipinski definition) is 5. The lowest BCUT2D eigenvalue weighted by atomic mass is 9.75. The molecule has 4 aliphatic rings. The fourth-order valence-corrected chi connectivity index (χ4v) is 5.65. The highest BCUT2D eigenvalue weighted by Gasteiger charge is 2.53. The van der Waals surface area contributed by atoms with E-state index in [1.807, 2.05) is 24.5 Å². The number of phenols is 1. The van der Waals surface area contributed by atoms with Gasteiger partial charge < -0.3 is 5.11 Å². The van der Waals surface area contributed by atoms with Crippen LogP contribution in [0.3, 0.4) is 0 Å². The number of likely N-dealkylation sites (tertiary alicyclic amines) is 1. The van der Waals surface area contributed by atoms with Crippen molar-refractivity contribution in [1.29, 1.82) is 0 Å². The molecule has 5 heterocycles. The van der Waals surface area contributed by atoms with Gasteiger partial charge in [-0.25, -0.2) is 9.97 Å². The number of phenolic OH excluding ortho intramolecular Hbond substituents is 1. The molecular formula is C22H28N4O. The van der Waals surface area contributed by atoms with E-state index in [-0.39, 0.29) is 0 Å². The van der Waals surface area contributed by atoms with Gasteiger partial charge in [0.05, 0.1) is 0 Å². The lowest BCUT2D eigenvalue weighted by Gasteiger charge is -2.51. The molecule has 4 saturated heterocycles. The minimum Gasteiger partial charge on any atom is -0.508 e. The van der Waals surface area contributed by atoms with Crippen LogP contribution in [0.1, 0.15) is 42.6 Å². The fraction of sp³-hybridized carbons (Fsp3) is 0.545. The number of rotatable bonds is 4. The summed E-state index contributed by atoms with van der Waals surface area (Å²) >= 11 is 0. The minimum atomic E-state index is 0.377. The molecule has 1 aromatic heterocycles. The van der Waals surface area contributed by atoms with Gasteiger partial charge >= 0.3 is 0 Å². The first-order valence-corrected chi connectivity index (χ1v) is 10.3. The van der Waals surface area contributed by atoms with E-state index in [2.05, 4.69) is 32.8 Å². The number of aromatic nitrogens is 2. The van der Waals surface area contributed by atoms with Crippen LogP contribution >= 0.6 is 0 Å². The van der Waals surface area contributed by atoms with Crippen molar-refractivity contribution >= 4 is 0 Å². The number of nitrogens with zero attached hydrogens (tertiary/aromatic N) is 4. The number of aromatic hydroxyl groups is 1. The second kappa shape index (κ2) is 6.88. The van der Waals surface area contributed by atoms with Crippen molar-refractivity contribution in [2.75, 3.05) is 19.6 Å². The third-order valence-electron chi connectivity index (χ3n) is 6.85. The van der Waals surface area contributed by atoms with Crippen LogP contribution in [0.5, 0.6) is 5.75 Å². The monoisotopic (exact) mass is 364 g/mol. The second-order valence-corrected chi connectivity index (χ2v) is 8.35. The quantitative estimate of drug-likeness (QED) is 0.904. The Labute approximate surface area is 161 Å². The van der Waals surface area contributed by atoms with E-state index >= 15 is 0 Å². The van der Waals surface area contributed by atoms with Gasteiger partial charge in [0.25, 0.3) is 0 Å². The van der Waals surface area contributed by atoms with E-state index in [4.69, 9.17) is 0 Å². The van der Waals surface area contributed by atoms with Crippen LogP contribution in [0, 0.1) is 5.92 Å². The van der Waals surface area contributed by atoms with Gasteiger partial charge in [0.2, 0.25) is 0 Å². The maximum Gasteiger partial charge on any atom is 0.127 e. The molecule has 2 aromatic rings. The van der Waals surface area contributed by atoms with Gasteiger partial charge in [-0.2, -0.15) is 0 Å². The summed E-state index contributed by atoms with van der Waals surface area (Å²) in [5.74, 6) is 2.54. The molecule has 3 atom stereocenters. The first kappa shape index (κ1) is 17.1. The maximum absolute atomic E-state index is 10.0. The molecule has 1 N–H and O–H groups in total. The third kappa shape index (κ3) is 3.03. The summed E-state index contributed by atoms with van der Waals surface area (Å²) in [5, 5.41) is 10.0. The van der Waals surface area contributed by atoms with Crippen LogP contribution in [0.15, 0.2) is 36.7 Å². The zero-order valence-electron chi connectivity index (χ0n) is 16.0. The Morgan fingerprint density at radius 3 is 2.59 bits per heavy atom. The van der Waals surface area contributed by atoms with Crippen molar-refractivity contribution in [1.82, 2.24) is 19.8 Å². The van der Waals surface area contributed by atoms with E-state index < -0.39 is 0 Å². The molecule has 6 rings (SSSR count). The van der Waals surface area contributed by atoms with E-state index in [0.29, 0.717) is 23.8 Å². The Hall–Kier alpha value is -1.98. The molecule has 4 fully saturated rings. The Morgan fingerprint density at radius 2 is 1.89 bits per heavy atom. The summed E-state index contributed by atoms with van der Waals surface area (Å²) in [6.45, 7) is 6.51. The van der Waals surface area contributed by atoms with E-state index in [1.54, 1.807) is 6.07 Å². The van der Waals surface area contributed by atoms with Crippen molar-refractivity contribution in [3.8, 4) is 5.75 Å². The molecule has 2 bridgehead atoms. The highest BCUT2D eigenvalue weighted by molar-refractivity contribution is 5.33. The third-order valence-corrected chi connectivity index (χ3v) is 6.85. The van der Waals surface area contributed by atoms with E-state index in [0.717, 1.165) is 31.3 Å². The molecule has 27 heavy (non-hydrogen) atoms. The van der Waals surface area contributed by atoms with E-state index in [9.17, 15) is 5.11 Å². The standard InChI is InChI=1S/C22H28N4O/c1-2-20-23-11-15(12-24-20)13-26-14-19(17-4-3-5-18(27)10-17)22-21(26)16-6-8-25(22)9-7-16/h3-5,10-12,16,19,21-22,27H,2,6-9,13-14H2,1H3/t19-,21+,22+/m0/s1. The SMILES string of the molecule is CCc1ncc(CN2C[C@@H](c3cccc(O)c3)[C@@H]3[C@H]2C2CCN3CC2)cn1.